The number of aldehydes is 1. The van der Waals surface area contributed by atoms with Gasteiger partial charge < -0.3 is 4.57 Å². The molecule has 0 aliphatic rings. The highest BCUT2D eigenvalue weighted by atomic mass is 16.1. The summed E-state index contributed by atoms with van der Waals surface area (Å²) < 4.78 is 2.15. The van der Waals surface area contributed by atoms with Crippen LogP contribution in [0.15, 0.2) is 85.1 Å². The van der Waals surface area contributed by atoms with Gasteiger partial charge in [-0.3, -0.25) is 4.79 Å². The van der Waals surface area contributed by atoms with Crippen molar-refractivity contribution < 1.29 is 4.79 Å². The van der Waals surface area contributed by atoms with Gasteiger partial charge in [0.2, 0.25) is 0 Å². The molecule has 0 unspecified atom stereocenters. The second-order valence-corrected chi connectivity index (χ2v) is 6.33. The second kappa shape index (κ2) is 6.78. The maximum atomic E-state index is 11.5. The molecule has 0 N–H and O–H groups in total. The zero-order valence-electron chi connectivity index (χ0n) is 13.9. The molecule has 0 saturated heterocycles. The van der Waals surface area contributed by atoms with Gasteiger partial charge in [-0.15, -0.1) is 0 Å². The smallest absolute Gasteiger partial charge is 0.152 e. The minimum Gasteiger partial charge on any atom is -0.342 e. The van der Waals surface area contributed by atoms with E-state index < -0.39 is 0 Å². The third kappa shape index (κ3) is 3.24. The van der Waals surface area contributed by atoms with E-state index in [9.17, 15) is 4.79 Å². The fraction of sp³-hybridized carbons (Fsp3) is 0.0870. The van der Waals surface area contributed by atoms with Gasteiger partial charge in [0.1, 0.15) is 0 Å². The van der Waals surface area contributed by atoms with Crippen LogP contribution in [0.1, 0.15) is 27.0 Å². The van der Waals surface area contributed by atoms with E-state index in [1.54, 1.807) is 0 Å². The van der Waals surface area contributed by atoms with E-state index in [4.69, 9.17) is 0 Å². The molecule has 0 amide bonds. The first-order valence-corrected chi connectivity index (χ1v) is 8.48. The number of nitrogens with zero attached hydrogens (tertiary/aromatic N) is 1. The van der Waals surface area contributed by atoms with Gasteiger partial charge in [0.15, 0.2) is 6.29 Å². The monoisotopic (exact) mass is 325 g/mol. The summed E-state index contributed by atoms with van der Waals surface area (Å²) in [6.07, 6.45) is 3.78. The lowest BCUT2D eigenvalue weighted by Gasteiger charge is -2.07. The first-order chi connectivity index (χ1) is 12.3. The van der Waals surface area contributed by atoms with Crippen molar-refractivity contribution in [3.63, 3.8) is 0 Å². The Morgan fingerprint density at radius 1 is 0.760 bits per heavy atom. The SMILES string of the molecule is O=Cc1cn(Cc2ccccc2)c2ccc(Cc3ccccc3)cc12. The van der Waals surface area contributed by atoms with Gasteiger partial charge in [0.05, 0.1) is 0 Å². The largest absolute Gasteiger partial charge is 0.342 e. The minimum atomic E-state index is 0.751. The van der Waals surface area contributed by atoms with Crippen molar-refractivity contribution in [3.05, 3.63) is 107 Å². The lowest BCUT2D eigenvalue weighted by molar-refractivity contribution is 0.112. The Bertz CT molecular complexity index is 1000. The van der Waals surface area contributed by atoms with E-state index in [1.807, 2.05) is 30.5 Å². The van der Waals surface area contributed by atoms with Crippen LogP contribution in [-0.2, 0) is 13.0 Å². The van der Waals surface area contributed by atoms with Crippen LogP contribution < -0.4 is 0 Å². The Morgan fingerprint density at radius 3 is 2.12 bits per heavy atom. The quantitative estimate of drug-likeness (QED) is 0.468. The standard InChI is InChI=1S/C23H19NO/c25-17-21-16-24(15-19-9-5-2-6-10-19)23-12-11-20(14-22(21)23)13-18-7-3-1-4-8-18/h1-12,14,16-17H,13,15H2. The van der Waals surface area contributed by atoms with Gasteiger partial charge in [-0.05, 0) is 35.2 Å². The van der Waals surface area contributed by atoms with Crippen LogP contribution in [-0.4, -0.2) is 10.9 Å². The molecule has 0 atom stereocenters. The molecule has 1 aromatic heterocycles. The summed E-state index contributed by atoms with van der Waals surface area (Å²) in [5.41, 5.74) is 5.58. The molecule has 4 aromatic rings. The summed E-state index contributed by atoms with van der Waals surface area (Å²) in [7, 11) is 0. The molecule has 0 bridgehead atoms. The van der Waals surface area contributed by atoms with Crippen LogP contribution in [0.3, 0.4) is 0 Å². The second-order valence-electron chi connectivity index (χ2n) is 6.33. The lowest BCUT2D eigenvalue weighted by atomic mass is 10.0. The van der Waals surface area contributed by atoms with Gasteiger partial charge in [0, 0.05) is 29.2 Å². The van der Waals surface area contributed by atoms with Gasteiger partial charge in [-0.1, -0.05) is 66.7 Å². The molecule has 3 aromatic carbocycles. The number of hydrogen-bond donors (Lipinski definition) is 0. The van der Waals surface area contributed by atoms with E-state index >= 15 is 0 Å². The molecule has 2 nitrogen and oxygen atoms in total. The van der Waals surface area contributed by atoms with Crippen molar-refractivity contribution >= 4 is 17.2 Å². The number of rotatable bonds is 5. The highest BCUT2D eigenvalue weighted by molar-refractivity contribution is 5.98. The van der Waals surface area contributed by atoms with Gasteiger partial charge in [-0.2, -0.15) is 0 Å². The molecule has 0 saturated carbocycles. The normalized spacial score (nSPS) is 10.9. The van der Waals surface area contributed by atoms with E-state index in [0.29, 0.717) is 0 Å². The van der Waals surface area contributed by atoms with E-state index in [-0.39, 0.29) is 0 Å². The van der Waals surface area contributed by atoms with E-state index in [0.717, 1.165) is 35.7 Å². The summed E-state index contributed by atoms with van der Waals surface area (Å²) in [6, 6.07) is 27.2. The van der Waals surface area contributed by atoms with E-state index in [1.165, 1.54) is 16.7 Å². The zero-order valence-corrected chi connectivity index (χ0v) is 13.9. The van der Waals surface area contributed by atoms with Crippen LogP contribution in [0.25, 0.3) is 10.9 Å². The van der Waals surface area contributed by atoms with Crippen LogP contribution in [0, 0.1) is 0 Å². The molecule has 1 heterocycles. The highest BCUT2D eigenvalue weighted by Crippen LogP contribution is 2.24. The summed E-state index contributed by atoms with van der Waals surface area (Å²) in [4.78, 5) is 11.5. The fourth-order valence-electron chi connectivity index (χ4n) is 3.32. The predicted molar refractivity (Wildman–Crippen MR) is 102 cm³/mol. The Hall–Kier alpha value is -3.13. The molecule has 25 heavy (non-hydrogen) atoms. The molecular weight excluding hydrogens is 306 g/mol. The Morgan fingerprint density at radius 2 is 1.44 bits per heavy atom. The Balaban J connectivity index is 1.71. The summed E-state index contributed by atoms with van der Waals surface area (Å²) >= 11 is 0. The van der Waals surface area contributed by atoms with Crippen molar-refractivity contribution in [2.75, 3.05) is 0 Å². The number of carbonyl (C=O) groups excluding carboxylic acids is 1. The number of carbonyl (C=O) groups is 1. The van der Waals surface area contributed by atoms with Crippen molar-refractivity contribution in [1.82, 2.24) is 4.57 Å². The zero-order chi connectivity index (χ0) is 17.1. The van der Waals surface area contributed by atoms with Gasteiger partial charge in [-0.25, -0.2) is 0 Å². The maximum Gasteiger partial charge on any atom is 0.152 e. The Labute approximate surface area is 147 Å². The first kappa shape index (κ1) is 15.4. The van der Waals surface area contributed by atoms with Crippen molar-refractivity contribution in [2.45, 2.75) is 13.0 Å². The van der Waals surface area contributed by atoms with Crippen LogP contribution in [0.2, 0.25) is 0 Å². The van der Waals surface area contributed by atoms with Crippen LogP contribution in [0.5, 0.6) is 0 Å². The molecule has 0 radical (unpaired) electrons. The topological polar surface area (TPSA) is 22.0 Å². The van der Waals surface area contributed by atoms with Crippen molar-refractivity contribution in [3.8, 4) is 0 Å². The summed E-state index contributed by atoms with van der Waals surface area (Å²) in [5.74, 6) is 0. The third-order valence-electron chi connectivity index (χ3n) is 4.55. The average molecular weight is 325 g/mol. The third-order valence-corrected chi connectivity index (χ3v) is 4.55. The molecule has 4 rings (SSSR count). The fourth-order valence-corrected chi connectivity index (χ4v) is 3.32. The van der Waals surface area contributed by atoms with Gasteiger partial charge >= 0.3 is 0 Å². The van der Waals surface area contributed by atoms with Crippen molar-refractivity contribution in [1.29, 1.82) is 0 Å². The highest BCUT2D eigenvalue weighted by Gasteiger charge is 2.09. The molecule has 0 spiro atoms. The Kier molecular flexibility index (Phi) is 4.17. The van der Waals surface area contributed by atoms with E-state index in [2.05, 4.69) is 59.2 Å². The molecule has 0 aliphatic heterocycles. The molecule has 2 heteroatoms. The molecular formula is C23H19NO. The molecule has 122 valence electrons. The summed E-state index contributed by atoms with van der Waals surface area (Å²) in [6.45, 7) is 0.767. The first-order valence-electron chi connectivity index (χ1n) is 8.48. The molecule has 0 aliphatic carbocycles. The lowest BCUT2D eigenvalue weighted by Crippen LogP contribution is -1.97. The van der Waals surface area contributed by atoms with Crippen LogP contribution in [0.4, 0.5) is 0 Å². The van der Waals surface area contributed by atoms with Gasteiger partial charge in [0.25, 0.3) is 0 Å². The number of fused-ring (bicyclic) bond motifs is 1. The maximum absolute atomic E-state index is 11.5. The average Bonchev–Trinajstić information content (AvgIpc) is 3.00. The molecule has 0 fully saturated rings. The van der Waals surface area contributed by atoms with Crippen LogP contribution >= 0.6 is 0 Å². The summed E-state index contributed by atoms with van der Waals surface area (Å²) in [5, 5.41) is 1.03. The number of benzene rings is 3. The van der Waals surface area contributed by atoms with Crippen molar-refractivity contribution in [2.24, 2.45) is 0 Å². The number of hydrogen-bond acceptors (Lipinski definition) is 1. The minimum absolute atomic E-state index is 0.751. The predicted octanol–water partition coefficient (Wildman–Crippen LogP) is 5.09. The number of aromatic nitrogens is 1.